The topological polar surface area (TPSA) is 44.5 Å². The zero-order valence-corrected chi connectivity index (χ0v) is 10.3. The van der Waals surface area contributed by atoms with Crippen LogP contribution in [0.2, 0.25) is 0 Å². The molecule has 0 bridgehead atoms. The number of rotatable bonds is 6. The second kappa shape index (κ2) is 6.51. The highest BCUT2D eigenvalue weighted by molar-refractivity contribution is 5.28. The molecule has 2 N–H and O–H groups in total. The van der Waals surface area contributed by atoms with Crippen molar-refractivity contribution in [3.63, 3.8) is 0 Å². The van der Waals surface area contributed by atoms with E-state index >= 15 is 0 Å². The lowest BCUT2D eigenvalue weighted by Gasteiger charge is -2.19. The summed E-state index contributed by atoms with van der Waals surface area (Å²) >= 11 is 0. The molecule has 0 spiro atoms. The molecule has 0 fully saturated rings. The third-order valence-electron chi connectivity index (χ3n) is 2.21. The van der Waals surface area contributed by atoms with Gasteiger partial charge in [0.05, 0.1) is 18.8 Å². The molecule has 16 heavy (non-hydrogen) atoms. The molecular weight excluding hydrogens is 202 g/mol. The van der Waals surface area contributed by atoms with E-state index in [1.165, 1.54) is 0 Å². The highest BCUT2D eigenvalue weighted by atomic mass is 16.5. The summed E-state index contributed by atoms with van der Waals surface area (Å²) in [5, 5.41) is 0. The second-order valence-corrected chi connectivity index (χ2v) is 3.91. The van der Waals surface area contributed by atoms with E-state index in [2.05, 4.69) is 0 Å². The summed E-state index contributed by atoms with van der Waals surface area (Å²) in [7, 11) is 0. The van der Waals surface area contributed by atoms with E-state index in [4.69, 9.17) is 15.2 Å². The molecule has 1 aromatic rings. The summed E-state index contributed by atoms with van der Waals surface area (Å²) in [6, 6.07) is 7.91. The van der Waals surface area contributed by atoms with Gasteiger partial charge in [-0.05, 0) is 38.5 Å². The van der Waals surface area contributed by atoms with Gasteiger partial charge in [-0.15, -0.1) is 0 Å². The van der Waals surface area contributed by atoms with E-state index in [1.54, 1.807) is 0 Å². The smallest absolute Gasteiger partial charge is 0.119 e. The average molecular weight is 223 g/mol. The van der Waals surface area contributed by atoms with Gasteiger partial charge >= 0.3 is 0 Å². The predicted octanol–water partition coefficient (Wildman–Crippen LogP) is 2.51. The van der Waals surface area contributed by atoms with Gasteiger partial charge in [0, 0.05) is 6.54 Å². The first-order valence-electron chi connectivity index (χ1n) is 5.75. The minimum atomic E-state index is -0.0318. The van der Waals surface area contributed by atoms with Gasteiger partial charge in [-0.3, -0.25) is 0 Å². The van der Waals surface area contributed by atoms with Crippen LogP contribution in [0.25, 0.3) is 0 Å². The zero-order valence-electron chi connectivity index (χ0n) is 10.3. The van der Waals surface area contributed by atoms with Crippen LogP contribution in [-0.2, 0) is 4.74 Å². The Morgan fingerprint density at radius 3 is 2.25 bits per heavy atom. The highest BCUT2D eigenvalue weighted by Crippen LogP contribution is 2.21. The Hall–Kier alpha value is -1.06. The normalized spacial score (nSPS) is 12.8. The zero-order chi connectivity index (χ0) is 12.0. The molecule has 0 aromatic heterocycles. The second-order valence-electron chi connectivity index (χ2n) is 3.91. The first-order valence-corrected chi connectivity index (χ1v) is 5.75. The van der Waals surface area contributed by atoms with E-state index in [1.807, 2.05) is 45.0 Å². The molecular formula is C13H21NO2. The molecule has 3 heteroatoms. The monoisotopic (exact) mass is 223 g/mol. The van der Waals surface area contributed by atoms with Crippen molar-refractivity contribution in [3.8, 4) is 5.75 Å². The van der Waals surface area contributed by atoms with E-state index in [-0.39, 0.29) is 12.2 Å². The van der Waals surface area contributed by atoms with Crippen molar-refractivity contribution >= 4 is 0 Å². The molecule has 0 aliphatic carbocycles. The maximum atomic E-state index is 5.72. The van der Waals surface area contributed by atoms with Crippen LogP contribution in [0.4, 0.5) is 0 Å². The summed E-state index contributed by atoms with van der Waals surface area (Å²) in [4.78, 5) is 0. The van der Waals surface area contributed by atoms with Crippen LogP contribution in [0.5, 0.6) is 5.75 Å². The first-order chi connectivity index (χ1) is 7.67. The Bertz CT molecular complexity index is 295. The SMILES string of the molecule is CCOc1ccc([C@@H](CN)OC(C)C)cc1. The molecule has 1 atom stereocenters. The summed E-state index contributed by atoms with van der Waals surface area (Å²) in [6.45, 7) is 7.17. The number of hydrogen-bond acceptors (Lipinski definition) is 3. The van der Waals surface area contributed by atoms with Crippen LogP contribution in [0, 0.1) is 0 Å². The predicted molar refractivity (Wildman–Crippen MR) is 65.6 cm³/mol. The fourth-order valence-corrected chi connectivity index (χ4v) is 1.54. The summed E-state index contributed by atoms with van der Waals surface area (Å²) in [6.07, 6.45) is 0.149. The van der Waals surface area contributed by atoms with E-state index < -0.39 is 0 Å². The van der Waals surface area contributed by atoms with E-state index in [0.29, 0.717) is 13.2 Å². The molecule has 0 amide bonds. The van der Waals surface area contributed by atoms with Gasteiger partial charge in [-0.1, -0.05) is 12.1 Å². The van der Waals surface area contributed by atoms with Crippen molar-refractivity contribution in [2.24, 2.45) is 5.73 Å². The molecule has 0 aliphatic heterocycles. The molecule has 0 saturated heterocycles. The maximum Gasteiger partial charge on any atom is 0.119 e. The van der Waals surface area contributed by atoms with Crippen LogP contribution in [0.15, 0.2) is 24.3 Å². The van der Waals surface area contributed by atoms with Crippen molar-refractivity contribution in [1.29, 1.82) is 0 Å². The van der Waals surface area contributed by atoms with Crippen LogP contribution in [0.1, 0.15) is 32.4 Å². The summed E-state index contributed by atoms with van der Waals surface area (Å²) in [5.41, 5.74) is 6.79. The molecule has 0 radical (unpaired) electrons. The molecule has 0 unspecified atom stereocenters. The maximum absolute atomic E-state index is 5.72. The van der Waals surface area contributed by atoms with Gasteiger partial charge in [-0.25, -0.2) is 0 Å². The first kappa shape index (κ1) is 13.0. The number of hydrogen-bond donors (Lipinski definition) is 1. The highest BCUT2D eigenvalue weighted by Gasteiger charge is 2.11. The van der Waals surface area contributed by atoms with E-state index in [0.717, 1.165) is 11.3 Å². The molecule has 0 heterocycles. The third-order valence-corrected chi connectivity index (χ3v) is 2.21. The van der Waals surface area contributed by atoms with Gasteiger partial charge < -0.3 is 15.2 Å². The van der Waals surface area contributed by atoms with Crippen molar-refractivity contribution in [2.75, 3.05) is 13.2 Å². The molecule has 90 valence electrons. The molecule has 3 nitrogen and oxygen atoms in total. The molecule has 1 rings (SSSR count). The Morgan fingerprint density at radius 1 is 1.19 bits per heavy atom. The minimum absolute atomic E-state index is 0.0318. The van der Waals surface area contributed by atoms with Gasteiger partial charge in [0.1, 0.15) is 5.75 Å². The summed E-state index contributed by atoms with van der Waals surface area (Å²) < 4.78 is 11.1. The van der Waals surface area contributed by atoms with Crippen LogP contribution >= 0.6 is 0 Å². The van der Waals surface area contributed by atoms with Gasteiger partial charge in [-0.2, -0.15) is 0 Å². The number of nitrogens with two attached hydrogens (primary N) is 1. The standard InChI is InChI=1S/C13H21NO2/c1-4-15-12-7-5-11(6-8-12)13(9-14)16-10(2)3/h5-8,10,13H,4,9,14H2,1-3H3/t13-/m1/s1. The van der Waals surface area contributed by atoms with Crippen molar-refractivity contribution in [2.45, 2.75) is 33.0 Å². The average Bonchev–Trinajstić information content (AvgIpc) is 2.27. The van der Waals surface area contributed by atoms with Crippen LogP contribution in [-0.4, -0.2) is 19.3 Å². The quantitative estimate of drug-likeness (QED) is 0.806. The third kappa shape index (κ3) is 3.83. The number of ether oxygens (including phenoxy) is 2. The lowest BCUT2D eigenvalue weighted by Crippen LogP contribution is -2.19. The van der Waals surface area contributed by atoms with Crippen LogP contribution in [0.3, 0.4) is 0 Å². The largest absolute Gasteiger partial charge is 0.494 e. The fourth-order valence-electron chi connectivity index (χ4n) is 1.54. The van der Waals surface area contributed by atoms with Crippen molar-refractivity contribution in [3.05, 3.63) is 29.8 Å². The van der Waals surface area contributed by atoms with Crippen molar-refractivity contribution in [1.82, 2.24) is 0 Å². The molecule has 0 saturated carbocycles. The van der Waals surface area contributed by atoms with Gasteiger partial charge in [0.25, 0.3) is 0 Å². The lowest BCUT2D eigenvalue weighted by atomic mass is 10.1. The fraction of sp³-hybridized carbons (Fsp3) is 0.538. The van der Waals surface area contributed by atoms with Crippen molar-refractivity contribution < 1.29 is 9.47 Å². The van der Waals surface area contributed by atoms with Gasteiger partial charge in [0.2, 0.25) is 0 Å². The Morgan fingerprint density at radius 2 is 1.81 bits per heavy atom. The van der Waals surface area contributed by atoms with Gasteiger partial charge in [0.15, 0.2) is 0 Å². The Balaban J connectivity index is 2.70. The molecule has 1 aromatic carbocycles. The van der Waals surface area contributed by atoms with Crippen LogP contribution < -0.4 is 10.5 Å². The number of benzene rings is 1. The summed E-state index contributed by atoms with van der Waals surface area (Å²) in [5.74, 6) is 0.881. The van der Waals surface area contributed by atoms with E-state index in [9.17, 15) is 0 Å². The lowest BCUT2D eigenvalue weighted by molar-refractivity contribution is 0.0119. The Kier molecular flexibility index (Phi) is 5.29. The molecule has 0 aliphatic rings. The minimum Gasteiger partial charge on any atom is -0.494 e. The Labute approximate surface area is 97.6 Å².